The van der Waals surface area contributed by atoms with Gasteiger partial charge in [0, 0.05) is 6.54 Å². The van der Waals surface area contributed by atoms with Crippen LogP contribution in [0, 0.1) is 0 Å². The molecule has 0 spiro atoms. The number of hydrogen-bond acceptors (Lipinski definition) is 5. The fraction of sp³-hybridized carbons (Fsp3) is 0.526. The Morgan fingerprint density at radius 1 is 1.31 bits per heavy atom. The Labute approximate surface area is 153 Å². The molecule has 2 heterocycles. The van der Waals surface area contributed by atoms with Gasteiger partial charge in [0.2, 0.25) is 11.8 Å². The molecule has 1 fully saturated rings. The molecule has 1 aromatic rings. The van der Waals surface area contributed by atoms with Crippen LogP contribution in [0.25, 0.3) is 0 Å². The molecule has 1 saturated heterocycles. The zero-order valence-corrected chi connectivity index (χ0v) is 15.4. The fourth-order valence-corrected chi connectivity index (χ4v) is 3.07. The molecule has 0 unspecified atom stereocenters. The standard InChI is InChI=1S/C19H25N3O4/c1-19(2,3)26-18(24)22-11-6-9-15(22)16(23)21-14-8-5-4-7-13(14)17-20-10-12-25-17/h4-5,7-8,15H,6,9-12H2,1-3H3,(H,21,23)/t15-/m0/s1. The van der Waals surface area contributed by atoms with Gasteiger partial charge in [-0.3, -0.25) is 9.69 Å². The molecule has 1 atom stereocenters. The van der Waals surface area contributed by atoms with Gasteiger partial charge in [-0.15, -0.1) is 0 Å². The van der Waals surface area contributed by atoms with Crippen LogP contribution in [0.5, 0.6) is 0 Å². The smallest absolute Gasteiger partial charge is 0.410 e. The SMILES string of the molecule is CC(C)(C)OC(=O)N1CCC[C@H]1C(=O)Nc1ccccc1C1=NCCO1. The summed E-state index contributed by atoms with van der Waals surface area (Å²) in [6, 6.07) is 6.85. The molecule has 3 rings (SSSR count). The van der Waals surface area contributed by atoms with Crippen molar-refractivity contribution in [3.05, 3.63) is 29.8 Å². The molecule has 7 heteroatoms. The predicted octanol–water partition coefficient (Wildman–Crippen LogP) is 2.80. The number of ether oxygens (including phenoxy) is 2. The molecule has 0 radical (unpaired) electrons. The second-order valence-electron chi connectivity index (χ2n) is 7.40. The molecule has 26 heavy (non-hydrogen) atoms. The lowest BCUT2D eigenvalue weighted by Crippen LogP contribution is -2.45. The van der Waals surface area contributed by atoms with E-state index in [1.807, 2.05) is 45.0 Å². The van der Waals surface area contributed by atoms with Crippen LogP contribution >= 0.6 is 0 Å². The normalized spacial score (nSPS) is 19.7. The number of benzene rings is 1. The van der Waals surface area contributed by atoms with Gasteiger partial charge in [-0.1, -0.05) is 12.1 Å². The van der Waals surface area contributed by atoms with E-state index in [0.29, 0.717) is 37.7 Å². The van der Waals surface area contributed by atoms with Crippen molar-refractivity contribution >= 4 is 23.6 Å². The van der Waals surface area contributed by atoms with E-state index in [2.05, 4.69) is 10.3 Å². The summed E-state index contributed by atoms with van der Waals surface area (Å²) in [4.78, 5) is 31.0. The first kappa shape index (κ1) is 18.2. The van der Waals surface area contributed by atoms with E-state index in [-0.39, 0.29) is 5.91 Å². The third kappa shape index (κ3) is 4.15. The second-order valence-corrected chi connectivity index (χ2v) is 7.40. The summed E-state index contributed by atoms with van der Waals surface area (Å²) in [6.07, 6.45) is 0.936. The van der Waals surface area contributed by atoms with Gasteiger partial charge in [0.25, 0.3) is 0 Å². The monoisotopic (exact) mass is 359 g/mol. The summed E-state index contributed by atoms with van der Waals surface area (Å²) in [5.41, 5.74) is 0.792. The number of nitrogens with zero attached hydrogens (tertiary/aromatic N) is 2. The van der Waals surface area contributed by atoms with Gasteiger partial charge in [0.1, 0.15) is 18.2 Å². The zero-order chi connectivity index (χ0) is 18.7. The summed E-state index contributed by atoms with van der Waals surface area (Å²) in [5.74, 6) is 0.315. The van der Waals surface area contributed by atoms with Gasteiger partial charge >= 0.3 is 6.09 Å². The Hall–Kier alpha value is -2.57. The molecule has 0 bridgehead atoms. The maximum Gasteiger partial charge on any atom is 0.410 e. The number of nitrogens with one attached hydrogen (secondary N) is 1. The van der Waals surface area contributed by atoms with Gasteiger partial charge in [-0.05, 0) is 45.7 Å². The van der Waals surface area contributed by atoms with Gasteiger partial charge in [-0.25, -0.2) is 9.79 Å². The van der Waals surface area contributed by atoms with Crippen molar-refractivity contribution in [3.63, 3.8) is 0 Å². The van der Waals surface area contributed by atoms with E-state index >= 15 is 0 Å². The van der Waals surface area contributed by atoms with Gasteiger partial charge in [0.15, 0.2) is 0 Å². The van der Waals surface area contributed by atoms with Crippen molar-refractivity contribution in [1.29, 1.82) is 0 Å². The zero-order valence-electron chi connectivity index (χ0n) is 15.4. The molecular weight excluding hydrogens is 334 g/mol. The number of rotatable bonds is 3. The Balaban J connectivity index is 1.73. The highest BCUT2D eigenvalue weighted by Gasteiger charge is 2.36. The number of carbonyl (C=O) groups excluding carboxylic acids is 2. The first-order valence-electron chi connectivity index (χ1n) is 8.92. The average Bonchev–Trinajstić information content (AvgIpc) is 3.25. The summed E-state index contributed by atoms with van der Waals surface area (Å²) < 4.78 is 10.9. The molecule has 0 saturated carbocycles. The van der Waals surface area contributed by atoms with Crippen LogP contribution in [0.15, 0.2) is 29.3 Å². The minimum absolute atomic E-state index is 0.223. The minimum atomic E-state index is -0.592. The van der Waals surface area contributed by atoms with E-state index in [1.54, 1.807) is 0 Å². The first-order valence-corrected chi connectivity index (χ1v) is 8.92. The summed E-state index contributed by atoms with van der Waals surface area (Å²) >= 11 is 0. The molecule has 2 aliphatic heterocycles. The lowest BCUT2D eigenvalue weighted by Gasteiger charge is -2.28. The van der Waals surface area contributed by atoms with Crippen molar-refractivity contribution in [2.45, 2.75) is 45.3 Å². The molecule has 2 amide bonds. The second kappa shape index (κ2) is 7.35. The third-order valence-corrected chi connectivity index (χ3v) is 4.18. The Morgan fingerprint density at radius 2 is 2.08 bits per heavy atom. The van der Waals surface area contributed by atoms with Crippen molar-refractivity contribution in [2.75, 3.05) is 25.0 Å². The molecule has 0 aromatic heterocycles. The number of amides is 2. The Kier molecular flexibility index (Phi) is 5.15. The number of likely N-dealkylation sites (tertiary alicyclic amines) is 1. The van der Waals surface area contributed by atoms with E-state index < -0.39 is 17.7 Å². The first-order chi connectivity index (χ1) is 12.3. The highest BCUT2D eigenvalue weighted by molar-refractivity contribution is 6.05. The summed E-state index contributed by atoms with van der Waals surface area (Å²) in [7, 11) is 0. The third-order valence-electron chi connectivity index (χ3n) is 4.18. The van der Waals surface area contributed by atoms with Crippen molar-refractivity contribution in [2.24, 2.45) is 4.99 Å². The van der Waals surface area contributed by atoms with Gasteiger partial charge < -0.3 is 14.8 Å². The van der Waals surface area contributed by atoms with Crippen molar-refractivity contribution in [3.8, 4) is 0 Å². The van der Waals surface area contributed by atoms with Crippen LogP contribution in [0.1, 0.15) is 39.2 Å². The quantitative estimate of drug-likeness (QED) is 0.900. The van der Waals surface area contributed by atoms with Crippen LogP contribution < -0.4 is 5.32 Å². The molecule has 7 nitrogen and oxygen atoms in total. The van der Waals surface area contributed by atoms with E-state index in [1.165, 1.54) is 4.90 Å². The average molecular weight is 359 g/mol. The largest absolute Gasteiger partial charge is 0.475 e. The fourth-order valence-electron chi connectivity index (χ4n) is 3.07. The van der Waals surface area contributed by atoms with Gasteiger partial charge in [0.05, 0.1) is 17.8 Å². The molecule has 2 aliphatic rings. The summed E-state index contributed by atoms with van der Waals surface area (Å²) in [5, 5.41) is 2.93. The Morgan fingerprint density at radius 3 is 2.77 bits per heavy atom. The van der Waals surface area contributed by atoms with Crippen LogP contribution in [-0.4, -0.2) is 54.1 Å². The van der Waals surface area contributed by atoms with Crippen molar-refractivity contribution < 1.29 is 19.1 Å². The van der Waals surface area contributed by atoms with E-state index in [4.69, 9.17) is 9.47 Å². The highest BCUT2D eigenvalue weighted by Crippen LogP contribution is 2.24. The maximum absolute atomic E-state index is 12.8. The summed E-state index contributed by atoms with van der Waals surface area (Å²) in [6.45, 7) is 7.13. The number of hydrogen-bond donors (Lipinski definition) is 1. The topological polar surface area (TPSA) is 80.2 Å². The lowest BCUT2D eigenvalue weighted by atomic mass is 10.1. The van der Waals surface area contributed by atoms with Crippen LogP contribution in [0.4, 0.5) is 10.5 Å². The highest BCUT2D eigenvalue weighted by atomic mass is 16.6. The molecular formula is C19H25N3O4. The van der Waals surface area contributed by atoms with Crippen LogP contribution in [0.2, 0.25) is 0 Å². The molecule has 140 valence electrons. The number of para-hydroxylation sites is 1. The van der Waals surface area contributed by atoms with Crippen molar-refractivity contribution in [1.82, 2.24) is 4.90 Å². The minimum Gasteiger partial charge on any atom is -0.475 e. The number of carbonyl (C=O) groups is 2. The maximum atomic E-state index is 12.8. The molecule has 1 N–H and O–H groups in total. The number of aliphatic imine (C=N–C) groups is 1. The number of anilines is 1. The molecule has 0 aliphatic carbocycles. The predicted molar refractivity (Wildman–Crippen MR) is 98.4 cm³/mol. The van der Waals surface area contributed by atoms with Crippen LogP contribution in [0.3, 0.4) is 0 Å². The van der Waals surface area contributed by atoms with E-state index in [9.17, 15) is 9.59 Å². The van der Waals surface area contributed by atoms with Gasteiger partial charge in [-0.2, -0.15) is 0 Å². The van der Waals surface area contributed by atoms with Crippen LogP contribution in [-0.2, 0) is 14.3 Å². The van der Waals surface area contributed by atoms with E-state index in [0.717, 1.165) is 12.0 Å². The molecule has 1 aromatic carbocycles. The lowest BCUT2D eigenvalue weighted by molar-refractivity contribution is -0.120. The Bertz CT molecular complexity index is 724.